The molecule has 1 aliphatic heterocycles. The molecule has 1 N–H and O–H groups in total. The monoisotopic (exact) mass is 453 g/mol. The van der Waals surface area contributed by atoms with Gasteiger partial charge in [-0.15, -0.1) is 0 Å². The Morgan fingerprint density at radius 3 is 2.32 bits per heavy atom. The number of carbonyl (C=O) groups excluding carboxylic acids is 1. The van der Waals surface area contributed by atoms with Crippen molar-refractivity contribution in [2.24, 2.45) is 0 Å². The number of rotatable bonds is 3. The first-order chi connectivity index (χ1) is 11.8. The number of halogens is 1. The summed E-state index contributed by atoms with van der Waals surface area (Å²) in [5, 5.41) is 1.14. The number of nitrogens with one attached hydrogen (secondary N) is 1. The first-order valence-corrected chi connectivity index (χ1v) is 7.43. The first-order valence-electron chi connectivity index (χ1n) is 7.12. The molecule has 1 aliphatic rings. The molecule has 1 saturated heterocycles. The Morgan fingerprint density at radius 2 is 1.80 bits per heavy atom. The summed E-state index contributed by atoms with van der Waals surface area (Å²) in [6.45, 7) is 2.00. The Balaban J connectivity index is 0. The number of ether oxygens (including phenoxy) is 1. The van der Waals surface area contributed by atoms with Crippen molar-refractivity contribution in [3.05, 3.63) is 36.0 Å². The van der Waals surface area contributed by atoms with E-state index in [9.17, 15) is 4.79 Å². The van der Waals surface area contributed by atoms with E-state index in [1.807, 2.05) is 30.5 Å². The molecule has 1 fully saturated rings. The van der Waals surface area contributed by atoms with E-state index in [1.54, 1.807) is 0 Å². The second kappa shape index (κ2) is 17.3. The molecule has 3 rings (SSSR count). The van der Waals surface area contributed by atoms with E-state index in [2.05, 4.69) is 9.27 Å². The van der Waals surface area contributed by atoms with Gasteiger partial charge in [-0.1, -0.05) is 18.2 Å². The minimum Gasteiger partial charge on any atom is -0.361 e. The summed E-state index contributed by atoms with van der Waals surface area (Å²) in [4.78, 5) is 14.0. The molecule has 0 bridgehead atoms. The Hall–Kier alpha value is -1.49. The molecular weight excluding hydrogens is 434 g/mol. The third-order valence-corrected chi connectivity index (χ3v) is 3.36. The Labute approximate surface area is 164 Å². The second-order valence-corrected chi connectivity index (χ2v) is 4.78. The third-order valence-electron chi connectivity index (χ3n) is 3.19. The Kier molecular flexibility index (Phi) is 17.9. The predicted octanol–water partition coefficient (Wildman–Crippen LogP) is 3.38. The smallest absolute Gasteiger partial charge is 0.325 e. The SMILES string of the molecule is C1CCOC1.N#[O+].N#[O+].O=C(CCc1c[nH]c2ccccc12)OCl.[Mo]. The molecular formula is C15H18ClMoN3O5+2. The summed E-state index contributed by atoms with van der Waals surface area (Å²) in [5.74, 6) is -0.401. The molecule has 1 aromatic heterocycles. The topological polar surface area (TPSA) is 139 Å². The zero-order chi connectivity index (χ0) is 18.2. The van der Waals surface area contributed by atoms with E-state index in [-0.39, 0.29) is 21.1 Å². The van der Waals surface area contributed by atoms with E-state index >= 15 is 0 Å². The van der Waals surface area contributed by atoms with E-state index in [0.29, 0.717) is 12.8 Å². The molecule has 0 radical (unpaired) electrons. The summed E-state index contributed by atoms with van der Waals surface area (Å²) in [7, 11) is 0. The molecule has 8 nitrogen and oxygen atoms in total. The largest absolute Gasteiger partial charge is 0.361 e. The van der Waals surface area contributed by atoms with Gasteiger partial charge in [0, 0.05) is 51.4 Å². The number of nitrogens with zero attached hydrogens (tertiary/aromatic N) is 2. The molecule has 2 heterocycles. The molecule has 1 aromatic carbocycles. The van der Waals surface area contributed by atoms with E-state index in [0.717, 1.165) is 29.7 Å². The number of para-hydroxylation sites is 1. The van der Waals surface area contributed by atoms with Crippen LogP contribution in [-0.2, 0) is 50.9 Å². The summed E-state index contributed by atoms with van der Waals surface area (Å²) in [6.07, 6.45) is 5.40. The van der Waals surface area contributed by atoms with Crippen molar-refractivity contribution in [1.82, 2.24) is 4.98 Å². The molecule has 0 atom stereocenters. The second-order valence-electron chi connectivity index (χ2n) is 4.63. The van der Waals surface area contributed by atoms with E-state index in [1.165, 1.54) is 12.8 Å². The number of aromatic amines is 1. The third kappa shape index (κ3) is 10.2. The fourth-order valence-electron chi connectivity index (χ4n) is 2.12. The normalized spacial score (nSPS) is 11.2. The van der Waals surface area contributed by atoms with E-state index < -0.39 is 5.97 Å². The minimum atomic E-state index is -0.401. The van der Waals surface area contributed by atoms with Gasteiger partial charge in [-0.05, 0) is 30.9 Å². The van der Waals surface area contributed by atoms with Gasteiger partial charge < -0.3 is 14.0 Å². The maximum Gasteiger partial charge on any atom is 0.325 e. The maximum absolute atomic E-state index is 10.9. The maximum atomic E-state index is 10.9. The molecule has 0 spiro atoms. The van der Waals surface area contributed by atoms with Crippen LogP contribution in [0.3, 0.4) is 0 Å². The Morgan fingerprint density at radius 1 is 1.20 bits per heavy atom. The van der Waals surface area contributed by atoms with Crippen LogP contribution in [0.15, 0.2) is 30.5 Å². The minimum absolute atomic E-state index is 0. The van der Waals surface area contributed by atoms with Crippen molar-refractivity contribution in [1.29, 1.82) is 10.9 Å². The van der Waals surface area contributed by atoms with Gasteiger partial charge in [-0.25, -0.2) is 0 Å². The molecule has 25 heavy (non-hydrogen) atoms. The van der Waals surface area contributed by atoms with Crippen molar-refractivity contribution in [2.75, 3.05) is 13.2 Å². The van der Waals surface area contributed by atoms with Gasteiger partial charge in [0.05, 0.1) is 6.42 Å². The van der Waals surface area contributed by atoms with Crippen LogP contribution in [0, 0.1) is 10.9 Å². The molecule has 10 heteroatoms. The average molecular weight is 452 g/mol. The van der Waals surface area contributed by atoms with Crippen LogP contribution in [0.1, 0.15) is 24.8 Å². The van der Waals surface area contributed by atoms with Crippen molar-refractivity contribution in [2.45, 2.75) is 25.7 Å². The van der Waals surface area contributed by atoms with Crippen LogP contribution in [-0.4, -0.2) is 24.2 Å². The summed E-state index contributed by atoms with van der Waals surface area (Å²) < 4.78 is 23.5. The van der Waals surface area contributed by atoms with Gasteiger partial charge in [-0.2, -0.15) is 0 Å². The predicted molar refractivity (Wildman–Crippen MR) is 83.4 cm³/mol. The van der Waals surface area contributed by atoms with Gasteiger partial charge >= 0.3 is 26.4 Å². The quantitative estimate of drug-likeness (QED) is 0.563. The molecule has 0 unspecified atom stereocenters. The fourth-order valence-corrected chi connectivity index (χ4v) is 2.20. The summed E-state index contributed by atoms with van der Waals surface area (Å²) in [6, 6.07) is 7.96. The standard InChI is InChI=1S/C11H10ClNO2.C4H8O.Mo.2NO/c12-15-11(14)6-5-8-7-13-10-4-2-1-3-9(8)10;1-2-4-5-3-1;;2*1-2/h1-4,7,13H,5-6H2;1-4H2;;;/q;;;2*+1. The van der Waals surface area contributed by atoms with Crippen LogP contribution in [0.25, 0.3) is 10.9 Å². The van der Waals surface area contributed by atoms with Crippen LogP contribution < -0.4 is 0 Å². The molecule has 0 aliphatic carbocycles. The number of benzene rings is 1. The fraction of sp³-hybridized carbons (Fsp3) is 0.400. The molecule has 0 amide bonds. The number of fused-ring (bicyclic) bond motifs is 1. The van der Waals surface area contributed by atoms with Gasteiger partial charge in [0.25, 0.3) is 0 Å². The number of aryl methyl sites for hydroxylation is 1. The van der Waals surface area contributed by atoms with Crippen LogP contribution in [0.4, 0.5) is 0 Å². The number of hydrogen-bond donors (Lipinski definition) is 1. The van der Waals surface area contributed by atoms with Crippen molar-refractivity contribution >= 4 is 28.7 Å². The van der Waals surface area contributed by atoms with Crippen LogP contribution in [0.5, 0.6) is 0 Å². The van der Waals surface area contributed by atoms with Crippen LogP contribution in [0.2, 0.25) is 0 Å². The molecule has 0 saturated carbocycles. The Bertz CT molecular complexity index is 630. The number of H-pyrrole nitrogens is 1. The first kappa shape index (κ1) is 25.7. The van der Waals surface area contributed by atoms with Gasteiger partial charge in [0.2, 0.25) is 0 Å². The molecule has 134 valence electrons. The van der Waals surface area contributed by atoms with Gasteiger partial charge in [0.15, 0.2) is 0 Å². The molecule has 2 aromatic rings. The van der Waals surface area contributed by atoms with Crippen molar-refractivity contribution < 1.29 is 44.4 Å². The zero-order valence-electron chi connectivity index (χ0n) is 13.4. The van der Waals surface area contributed by atoms with Gasteiger partial charge in [-0.3, -0.25) is 4.79 Å². The number of hydrogen-bond acceptors (Lipinski definition) is 5. The van der Waals surface area contributed by atoms with E-state index in [4.69, 9.17) is 37.1 Å². The van der Waals surface area contributed by atoms with Crippen molar-refractivity contribution in [3.8, 4) is 0 Å². The van der Waals surface area contributed by atoms with Gasteiger partial charge in [0.1, 0.15) is 11.9 Å². The number of aromatic nitrogens is 1. The number of carbonyl (C=O) groups is 1. The zero-order valence-corrected chi connectivity index (χ0v) is 16.1. The average Bonchev–Trinajstić information content (AvgIpc) is 3.36. The van der Waals surface area contributed by atoms with Crippen molar-refractivity contribution in [3.63, 3.8) is 0 Å². The summed E-state index contributed by atoms with van der Waals surface area (Å²) in [5.41, 5.74) is 13.7. The summed E-state index contributed by atoms with van der Waals surface area (Å²) >= 11 is 4.95. The van der Waals surface area contributed by atoms with Crippen LogP contribution >= 0.6 is 11.9 Å².